The maximum atomic E-state index is 13.1. The average molecular weight is 436 g/mol. The molecule has 28 heavy (non-hydrogen) atoms. The van der Waals surface area contributed by atoms with Gasteiger partial charge in [-0.2, -0.15) is 0 Å². The Hall–Kier alpha value is -2.68. The summed E-state index contributed by atoms with van der Waals surface area (Å²) in [6.07, 6.45) is 0. The number of hydrogen-bond acceptors (Lipinski definition) is 7. The Kier molecular flexibility index (Phi) is 4.70. The Balaban J connectivity index is 1.91. The highest BCUT2D eigenvalue weighted by Crippen LogP contribution is 2.44. The van der Waals surface area contributed by atoms with Crippen molar-refractivity contribution in [2.45, 2.75) is 13.0 Å². The molecular formula is C18H11Cl2N3O4S. The first-order chi connectivity index (χ1) is 13.4. The molecule has 3 heterocycles. The molecule has 1 unspecified atom stereocenters. The van der Waals surface area contributed by atoms with E-state index in [0.29, 0.717) is 16.3 Å². The Morgan fingerprint density at radius 2 is 2.07 bits per heavy atom. The summed E-state index contributed by atoms with van der Waals surface area (Å²) in [7, 11) is 0. The Morgan fingerprint density at radius 1 is 1.29 bits per heavy atom. The fourth-order valence-electron chi connectivity index (χ4n) is 3.01. The highest BCUT2D eigenvalue weighted by molar-refractivity contribution is 7.13. The summed E-state index contributed by atoms with van der Waals surface area (Å²) in [5.74, 6) is -1.57. The van der Waals surface area contributed by atoms with Crippen LogP contribution in [0.3, 0.4) is 0 Å². The molecule has 1 aliphatic heterocycles. The second kappa shape index (κ2) is 7.05. The summed E-state index contributed by atoms with van der Waals surface area (Å²) in [6.45, 7) is 1.69. The number of aromatic nitrogens is 2. The van der Waals surface area contributed by atoms with Gasteiger partial charge in [-0.15, -0.1) is 10.2 Å². The minimum atomic E-state index is -1.01. The van der Waals surface area contributed by atoms with Gasteiger partial charge in [-0.1, -0.05) is 40.6 Å². The first-order valence-corrected chi connectivity index (χ1v) is 9.61. The molecule has 1 amide bonds. The second-order valence-electron chi connectivity index (χ2n) is 5.97. The van der Waals surface area contributed by atoms with Gasteiger partial charge in [0.2, 0.25) is 10.9 Å². The lowest BCUT2D eigenvalue weighted by molar-refractivity contribution is -0.117. The number of benzene rings is 1. The molecule has 7 nitrogen and oxygen atoms in total. The van der Waals surface area contributed by atoms with E-state index in [1.807, 2.05) is 0 Å². The topological polar surface area (TPSA) is 96.5 Å². The SMILES string of the molecule is Cc1ccc(C(=O)C2=C(O)C(=O)N(c3nncs3)C2c2ccc(Cl)cc2Cl)o1. The van der Waals surface area contributed by atoms with Crippen molar-refractivity contribution < 1.29 is 19.1 Å². The normalized spacial score (nSPS) is 16.9. The van der Waals surface area contributed by atoms with Gasteiger partial charge in [-0.3, -0.25) is 14.5 Å². The predicted molar refractivity (Wildman–Crippen MR) is 104 cm³/mol. The Morgan fingerprint density at radius 3 is 2.68 bits per heavy atom. The number of carbonyl (C=O) groups is 2. The number of aliphatic hydroxyl groups excluding tert-OH is 1. The molecule has 10 heteroatoms. The summed E-state index contributed by atoms with van der Waals surface area (Å²) < 4.78 is 5.40. The molecule has 0 aliphatic carbocycles. The Bertz CT molecular complexity index is 1120. The molecule has 1 N–H and O–H groups in total. The summed E-state index contributed by atoms with van der Waals surface area (Å²) in [4.78, 5) is 27.1. The number of Topliss-reactive ketones (excluding diaryl/α,β-unsaturated/α-hetero) is 1. The molecule has 0 bridgehead atoms. The van der Waals surface area contributed by atoms with Crippen LogP contribution < -0.4 is 4.90 Å². The van der Waals surface area contributed by atoms with Crippen LogP contribution >= 0.6 is 34.5 Å². The van der Waals surface area contributed by atoms with E-state index >= 15 is 0 Å². The standard InChI is InChI=1S/C18H11Cl2N3O4S/c1-8-2-5-12(27-8)15(24)13-14(10-4-3-9(19)6-11(10)20)23(17(26)16(13)25)18-22-21-7-28-18/h2-7,14,25H,1H3. The van der Waals surface area contributed by atoms with Gasteiger partial charge < -0.3 is 9.52 Å². The number of aryl methyl sites for hydroxylation is 1. The lowest BCUT2D eigenvalue weighted by Crippen LogP contribution is -2.31. The van der Waals surface area contributed by atoms with Crippen molar-refractivity contribution in [3.05, 3.63) is 74.3 Å². The van der Waals surface area contributed by atoms with Crippen LogP contribution in [0.4, 0.5) is 5.13 Å². The van der Waals surface area contributed by atoms with Crippen molar-refractivity contribution in [3.63, 3.8) is 0 Å². The van der Waals surface area contributed by atoms with Crippen molar-refractivity contribution in [1.29, 1.82) is 0 Å². The number of ketones is 1. The number of anilines is 1. The van der Waals surface area contributed by atoms with E-state index in [4.69, 9.17) is 27.6 Å². The Labute approximate surface area is 172 Å². The van der Waals surface area contributed by atoms with E-state index in [0.717, 1.165) is 11.3 Å². The molecular weight excluding hydrogens is 425 g/mol. The quantitative estimate of drug-likeness (QED) is 0.604. The van der Waals surface area contributed by atoms with Crippen LogP contribution in [0.1, 0.15) is 27.9 Å². The molecule has 1 aliphatic rings. The number of rotatable bonds is 4. The maximum absolute atomic E-state index is 13.1. The van der Waals surface area contributed by atoms with Gasteiger partial charge in [-0.05, 0) is 36.8 Å². The smallest absolute Gasteiger partial charge is 0.296 e. The number of halogens is 2. The first-order valence-electron chi connectivity index (χ1n) is 7.97. The van der Waals surface area contributed by atoms with Gasteiger partial charge in [0, 0.05) is 10.0 Å². The fraction of sp³-hybridized carbons (Fsp3) is 0.111. The molecule has 2 aromatic heterocycles. The lowest BCUT2D eigenvalue weighted by atomic mass is 9.95. The molecule has 4 rings (SSSR count). The van der Waals surface area contributed by atoms with Crippen molar-refractivity contribution >= 4 is 51.4 Å². The number of furan rings is 1. The van der Waals surface area contributed by atoms with E-state index in [9.17, 15) is 14.7 Å². The zero-order valence-corrected chi connectivity index (χ0v) is 16.5. The summed E-state index contributed by atoms with van der Waals surface area (Å²) in [5, 5.41) is 19.0. The average Bonchev–Trinajstić information content (AvgIpc) is 3.36. The molecule has 0 saturated carbocycles. The molecule has 1 atom stereocenters. The van der Waals surface area contributed by atoms with Gasteiger partial charge in [0.05, 0.1) is 11.6 Å². The number of hydrogen-bond donors (Lipinski definition) is 1. The van der Waals surface area contributed by atoms with E-state index < -0.39 is 23.5 Å². The van der Waals surface area contributed by atoms with Crippen LogP contribution in [-0.2, 0) is 4.79 Å². The van der Waals surface area contributed by atoms with Crippen LogP contribution in [-0.4, -0.2) is 27.0 Å². The van der Waals surface area contributed by atoms with Gasteiger partial charge in [0.25, 0.3) is 5.91 Å². The van der Waals surface area contributed by atoms with Crippen LogP contribution in [0, 0.1) is 6.92 Å². The third-order valence-electron chi connectivity index (χ3n) is 4.23. The van der Waals surface area contributed by atoms with Crippen LogP contribution in [0.15, 0.2) is 51.6 Å². The second-order valence-corrected chi connectivity index (χ2v) is 7.62. The van der Waals surface area contributed by atoms with Gasteiger partial charge in [0.1, 0.15) is 11.3 Å². The lowest BCUT2D eigenvalue weighted by Gasteiger charge is -2.24. The van der Waals surface area contributed by atoms with Crippen molar-refractivity contribution in [2.24, 2.45) is 0 Å². The third-order valence-corrected chi connectivity index (χ3v) is 5.48. The number of aliphatic hydroxyl groups is 1. The first kappa shape index (κ1) is 18.7. The van der Waals surface area contributed by atoms with E-state index in [2.05, 4.69) is 10.2 Å². The highest BCUT2D eigenvalue weighted by Gasteiger charge is 2.47. The van der Waals surface area contributed by atoms with E-state index in [1.165, 1.54) is 22.5 Å². The minimum Gasteiger partial charge on any atom is -0.503 e. The molecule has 0 saturated heterocycles. The van der Waals surface area contributed by atoms with Crippen molar-refractivity contribution in [2.75, 3.05) is 4.90 Å². The highest BCUT2D eigenvalue weighted by atomic mass is 35.5. The van der Waals surface area contributed by atoms with Gasteiger partial charge in [-0.25, -0.2) is 0 Å². The summed E-state index contributed by atoms with van der Waals surface area (Å²) >= 11 is 13.4. The fourth-order valence-corrected chi connectivity index (χ4v) is 4.11. The molecule has 0 spiro atoms. The zero-order chi connectivity index (χ0) is 20.0. The molecule has 0 radical (unpaired) electrons. The molecule has 3 aromatic rings. The number of carbonyl (C=O) groups excluding carboxylic acids is 2. The monoisotopic (exact) mass is 435 g/mol. The third kappa shape index (κ3) is 2.99. The van der Waals surface area contributed by atoms with Crippen molar-refractivity contribution in [3.8, 4) is 0 Å². The van der Waals surface area contributed by atoms with Gasteiger partial charge >= 0.3 is 0 Å². The molecule has 1 aromatic carbocycles. The van der Waals surface area contributed by atoms with E-state index in [1.54, 1.807) is 25.1 Å². The minimum absolute atomic E-state index is 0.000972. The number of amides is 1. The molecule has 142 valence electrons. The largest absolute Gasteiger partial charge is 0.503 e. The van der Waals surface area contributed by atoms with Crippen LogP contribution in [0.5, 0.6) is 0 Å². The summed E-state index contributed by atoms with van der Waals surface area (Å²) in [6, 6.07) is 6.76. The van der Waals surface area contributed by atoms with Gasteiger partial charge in [0.15, 0.2) is 11.5 Å². The number of nitrogens with zero attached hydrogens (tertiary/aromatic N) is 3. The summed E-state index contributed by atoms with van der Waals surface area (Å²) in [5.41, 5.74) is 1.69. The van der Waals surface area contributed by atoms with Crippen molar-refractivity contribution in [1.82, 2.24) is 10.2 Å². The van der Waals surface area contributed by atoms with E-state index in [-0.39, 0.29) is 21.5 Å². The predicted octanol–water partition coefficient (Wildman–Crippen LogP) is 4.53. The maximum Gasteiger partial charge on any atom is 0.296 e. The molecule has 0 fully saturated rings. The van der Waals surface area contributed by atoms with Crippen LogP contribution in [0.25, 0.3) is 0 Å². The van der Waals surface area contributed by atoms with Crippen LogP contribution in [0.2, 0.25) is 10.0 Å². The zero-order valence-electron chi connectivity index (χ0n) is 14.2.